The van der Waals surface area contributed by atoms with Crippen molar-refractivity contribution in [1.82, 2.24) is 9.97 Å². The molecular formula is C20H19N7O5S. The summed E-state index contributed by atoms with van der Waals surface area (Å²) in [4.78, 5) is 44.5. The largest absolute Gasteiger partial charge is 0.378 e. The molecule has 1 aliphatic heterocycles. The van der Waals surface area contributed by atoms with Crippen molar-refractivity contribution in [2.24, 2.45) is 5.73 Å². The SMILES string of the molecule is NC(=O)C(=O)c1ccsc1Nc1nc(Nc2ccc(N3CCOCC3)cc2)ncc1[N+](=O)[O-]. The number of rotatable bonds is 8. The molecule has 0 unspecified atom stereocenters. The van der Waals surface area contributed by atoms with Gasteiger partial charge in [0.15, 0.2) is 0 Å². The van der Waals surface area contributed by atoms with Gasteiger partial charge in [-0.2, -0.15) is 4.98 Å². The Labute approximate surface area is 191 Å². The van der Waals surface area contributed by atoms with Crippen molar-refractivity contribution in [2.45, 2.75) is 0 Å². The summed E-state index contributed by atoms with van der Waals surface area (Å²) in [5.41, 5.74) is 6.43. The number of aromatic nitrogens is 2. The van der Waals surface area contributed by atoms with Crippen LogP contribution in [0.15, 0.2) is 41.9 Å². The average Bonchev–Trinajstić information content (AvgIpc) is 3.27. The van der Waals surface area contributed by atoms with E-state index >= 15 is 0 Å². The van der Waals surface area contributed by atoms with Crippen LogP contribution in [0.2, 0.25) is 0 Å². The second-order valence-electron chi connectivity index (χ2n) is 6.94. The number of carbonyl (C=O) groups excluding carboxylic acids is 2. The number of nitrogens with zero attached hydrogens (tertiary/aromatic N) is 4. The number of amides is 1. The fourth-order valence-corrected chi connectivity index (χ4v) is 3.98. The fraction of sp³-hybridized carbons (Fsp3) is 0.200. The quantitative estimate of drug-likeness (QED) is 0.193. The Balaban J connectivity index is 1.55. The van der Waals surface area contributed by atoms with E-state index in [1.165, 1.54) is 6.07 Å². The maximum absolute atomic E-state index is 12.0. The zero-order valence-corrected chi connectivity index (χ0v) is 18.0. The normalized spacial score (nSPS) is 13.4. The minimum Gasteiger partial charge on any atom is -0.378 e. The van der Waals surface area contributed by atoms with E-state index in [4.69, 9.17) is 10.5 Å². The third-order valence-corrected chi connectivity index (χ3v) is 5.66. The predicted molar refractivity (Wildman–Crippen MR) is 123 cm³/mol. The number of primary amides is 1. The van der Waals surface area contributed by atoms with Crippen LogP contribution < -0.4 is 21.3 Å². The van der Waals surface area contributed by atoms with Crippen molar-refractivity contribution in [2.75, 3.05) is 41.8 Å². The first-order chi connectivity index (χ1) is 15.9. The lowest BCUT2D eigenvalue weighted by molar-refractivity contribution is -0.384. The highest BCUT2D eigenvalue weighted by molar-refractivity contribution is 7.14. The molecule has 33 heavy (non-hydrogen) atoms. The number of nitrogens with one attached hydrogen (secondary N) is 2. The van der Waals surface area contributed by atoms with Gasteiger partial charge in [0.2, 0.25) is 11.8 Å². The summed E-state index contributed by atoms with van der Waals surface area (Å²) < 4.78 is 5.37. The van der Waals surface area contributed by atoms with Crippen molar-refractivity contribution >= 4 is 56.9 Å². The number of morpholine rings is 1. The Morgan fingerprint density at radius 2 is 1.88 bits per heavy atom. The number of carbonyl (C=O) groups is 2. The van der Waals surface area contributed by atoms with Gasteiger partial charge in [-0.3, -0.25) is 19.7 Å². The van der Waals surface area contributed by atoms with E-state index in [0.29, 0.717) is 18.9 Å². The standard InChI is InChI=1S/C20H19N7O5S/c21-17(29)16(28)14-5-10-33-19(14)24-18-15(27(30)31)11-22-20(25-18)23-12-1-3-13(4-2-12)26-6-8-32-9-7-26/h1-5,10-11H,6-9H2,(H2,21,29)(H2,22,23,24,25). The average molecular weight is 469 g/mol. The minimum atomic E-state index is -1.13. The molecule has 0 saturated carbocycles. The van der Waals surface area contributed by atoms with E-state index in [9.17, 15) is 19.7 Å². The van der Waals surface area contributed by atoms with Crippen molar-refractivity contribution < 1.29 is 19.2 Å². The van der Waals surface area contributed by atoms with Crippen LogP contribution in [0, 0.1) is 10.1 Å². The molecule has 4 N–H and O–H groups in total. The first-order valence-electron chi connectivity index (χ1n) is 9.82. The Kier molecular flexibility index (Phi) is 6.42. The van der Waals surface area contributed by atoms with Crippen LogP contribution in [-0.4, -0.2) is 52.9 Å². The number of hydrogen-bond acceptors (Lipinski definition) is 11. The smallest absolute Gasteiger partial charge is 0.329 e. The predicted octanol–water partition coefficient (Wildman–Crippen LogP) is 2.44. The van der Waals surface area contributed by atoms with Crippen LogP contribution in [0.25, 0.3) is 0 Å². The number of nitrogens with two attached hydrogens (primary N) is 1. The Bertz CT molecular complexity index is 1190. The molecule has 4 rings (SSSR count). The number of ether oxygens (including phenoxy) is 1. The van der Waals surface area contributed by atoms with Crippen LogP contribution in [0.1, 0.15) is 10.4 Å². The summed E-state index contributed by atoms with van der Waals surface area (Å²) >= 11 is 1.08. The van der Waals surface area contributed by atoms with Crippen LogP contribution >= 0.6 is 11.3 Å². The number of thiophene rings is 1. The summed E-state index contributed by atoms with van der Waals surface area (Å²) in [5.74, 6) is -2.06. The molecule has 0 atom stereocenters. The van der Waals surface area contributed by atoms with E-state index in [2.05, 4.69) is 25.5 Å². The molecule has 3 heterocycles. The topological polar surface area (TPSA) is 166 Å². The van der Waals surface area contributed by atoms with E-state index in [1.54, 1.807) is 5.38 Å². The number of Topliss-reactive ketones (excluding diaryl/α,β-unsaturated/α-hetero) is 1. The highest BCUT2D eigenvalue weighted by atomic mass is 32.1. The van der Waals surface area contributed by atoms with Crippen LogP contribution in [0.5, 0.6) is 0 Å². The molecule has 3 aromatic rings. The summed E-state index contributed by atoms with van der Waals surface area (Å²) in [6, 6.07) is 9.01. The third kappa shape index (κ3) is 5.05. The molecule has 2 aromatic heterocycles. The number of hydrogen-bond donors (Lipinski definition) is 3. The highest BCUT2D eigenvalue weighted by Gasteiger charge is 2.23. The van der Waals surface area contributed by atoms with Gasteiger partial charge in [0, 0.05) is 24.5 Å². The van der Waals surface area contributed by atoms with Crippen molar-refractivity contribution in [3.05, 3.63) is 57.6 Å². The van der Waals surface area contributed by atoms with Crippen LogP contribution in [0.3, 0.4) is 0 Å². The minimum absolute atomic E-state index is 0.00798. The molecule has 13 heteroatoms. The maximum Gasteiger partial charge on any atom is 0.329 e. The summed E-state index contributed by atoms with van der Waals surface area (Å²) in [6.45, 7) is 3.00. The Hall–Kier alpha value is -4.10. The Morgan fingerprint density at radius 1 is 1.15 bits per heavy atom. The summed E-state index contributed by atoms with van der Waals surface area (Å²) in [5, 5.41) is 19.0. The van der Waals surface area contributed by atoms with Gasteiger partial charge in [0.1, 0.15) is 11.2 Å². The first-order valence-corrected chi connectivity index (χ1v) is 10.7. The number of ketones is 1. The zero-order valence-electron chi connectivity index (χ0n) is 17.2. The van der Waals surface area contributed by atoms with Crippen LogP contribution in [0.4, 0.5) is 33.8 Å². The molecule has 12 nitrogen and oxygen atoms in total. The fourth-order valence-electron chi connectivity index (χ4n) is 3.19. The van der Waals surface area contributed by atoms with Gasteiger partial charge in [-0.25, -0.2) is 4.98 Å². The van der Waals surface area contributed by atoms with Gasteiger partial charge >= 0.3 is 5.69 Å². The van der Waals surface area contributed by atoms with Gasteiger partial charge in [0.05, 0.1) is 23.7 Å². The van der Waals surface area contributed by atoms with Gasteiger partial charge < -0.3 is 26.0 Å². The first kappa shape index (κ1) is 22.1. The molecule has 0 radical (unpaired) electrons. The van der Waals surface area contributed by atoms with E-state index in [1.807, 2.05) is 24.3 Å². The molecule has 170 valence electrons. The lowest BCUT2D eigenvalue weighted by Crippen LogP contribution is -2.36. The number of benzene rings is 1. The second kappa shape index (κ2) is 9.58. The van der Waals surface area contributed by atoms with Crippen molar-refractivity contribution in [1.29, 1.82) is 0 Å². The molecule has 0 spiro atoms. The van der Waals surface area contributed by atoms with Crippen molar-refractivity contribution in [3.8, 4) is 0 Å². The molecule has 1 saturated heterocycles. The van der Waals surface area contributed by atoms with Crippen LogP contribution in [-0.2, 0) is 9.53 Å². The third-order valence-electron chi connectivity index (χ3n) is 4.83. The van der Waals surface area contributed by atoms with Gasteiger partial charge in [0.25, 0.3) is 11.7 Å². The van der Waals surface area contributed by atoms with Gasteiger partial charge in [-0.05, 0) is 35.7 Å². The molecule has 0 bridgehead atoms. The summed E-state index contributed by atoms with van der Waals surface area (Å²) in [6.07, 6.45) is 1.06. The maximum atomic E-state index is 12.0. The lowest BCUT2D eigenvalue weighted by Gasteiger charge is -2.28. The molecule has 0 aliphatic carbocycles. The summed E-state index contributed by atoms with van der Waals surface area (Å²) in [7, 11) is 0. The number of nitro groups is 1. The van der Waals surface area contributed by atoms with Gasteiger partial charge in [-0.15, -0.1) is 11.3 Å². The van der Waals surface area contributed by atoms with E-state index in [0.717, 1.165) is 36.3 Å². The monoisotopic (exact) mass is 469 g/mol. The molecular weight excluding hydrogens is 450 g/mol. The molecule has 1 aromatic carbocycles. The van der Waals surface area contributed by atoms with Gasteiger partial charge in [-0.1, -0.05) is 0 Å². The van der Waals surface area contributed by atoms with Crippen molar-refractivity contribution in [3.63, 3.8) is 0 Å². The van der Waals surface area contributed by atoms with E-state index < -0.39 is 22.3 Å². The molecule has 1 aliphatic rings. The molecule has 1 fully saturated rings. The zero-order chi connectivity index (χ0) is 23.4. The number of anilines is 5. The second-order valence-corrected chi connectivity index (χ2v) is 7.85. The highest BCUT2D eigenvalue weighted by Crippen LogP contribution is 2.32. The lowest BCUT2D eigenvalue weighted by atomic mass is 10.2. The molecule has 1 amide bonds. The Morgan fingerprint density at radius 3 is 2.55 bits per heavy atom. The van der Waals surface area contributed by atoms with E-state index in [-0.39, 0.29) is 22.3 Å².